The molecule has 1 rings (SSSR count). The van der Waals surface area contributed by atoms with Gasteiger partial charge in [0.2, 0.25) is 0 Å². The largest absolute Gasteiger partial charge is 0.362 e. The first-order valence-corrected chi connectivity index (χ1v) is 5.71. The first-order valence-electron chi connectivity index (χ1n) is 5.30. The van der Waals surface area contributed by atoms with Crippen LogP contribution in [-0.2, 0) is 0 Å². The van der Waals surface area contributed by atoms with E-state index in [-0.39, 0.29) is 5.82 Å². The fraction of sp³-hybridized carbons (Fsp3) is 0.417. The molecule has 0 spiro atoms. The van der Waals surface area contributed by atoms with Crippen molar-refractivity contribution in [2.75, 3.05) is 11.9 Å². The van der Waals surface area contributed by atoms with Gasteiger partial charge in [0.15, 0.2) is 5.11 Å². The molecular formula is C12H17FN2S. The zero-order valence-corrected chi connectivity index (χ0v) is 10.6. The van der Waals surface area contributed by atoms with Gasteiger partial charge in [0, 0.05) is 12.2 Å². The number of halogens is 1. The van der Waals surface area contributed by atoms with Crippen LogP contribution in [0.2, 0.25) is 0 Å². The fourth-order valence-corrected chi connectivity index (χ4v) is 1.42. The molecular weight excluding hydrogens is 223 g/mol. The summed E-state index contributed by atoms with van der Waals surface area (Å²) in [7, 11) is 0. The van der Waals surface area contributed by atoms with Crippen molar-refractivity contribution in [3.05, 3.63) is 29.6 Å². The van der Waals surface area contributed by atoms with Gasteiger partial charge in [0.05, 0.1) is 0 Å². The highest BCUT2D eigenvalue weighted by atomic mass is 32.1. The summed E-state index contributed by atoms with van der Waals surface area (Å²) >= 11 is 5.13. The lowest BCUT2D eigenvalue weighted by Gasteiger charge is -2.13. The molecule has 1 aromatic rings. The molecule has 2 nitrogen and oxygen atoms in total. The van der Waals surface area contributed by atoms with Crippen molar-refractivity contribution in [3.63, 3.8) is 0 Å². The minimum Gasteiger partial charge on any atom is -0.362 e. The van der Waals surface area contributed by atoms with Gasteiger partial charge in [-0.25, -0.2) is 4.39 Å². The van der Waals surface area contributed by atoms with Crippen LogP contribution >= 0.6 is 12.2 Å². The van der Waals surface area contributed by atoms with Gasteiger partial charge in [-0.2, -0.15) is 0 Å². The van der Waals surface area contributed by atoms with Crippen molar-refractivity contribution in [2.45, 2.75) is 20.8 Å². The van der Waals surface area contributed by atoms with Gasteiger partial charge in [0.1, 0.15) is 5.82 Å². The normalized spacial score (nSPS) is 10.3. The lowest BCUT2D eigenvalue weighted by atomic mass is 10.2. The smallest absolute Gasteiger partial charge is 0.170 e. The molecule has 88 valence electrons. The monoisotopic (exact) mass is 240 g/mol. The lowest BCUT2D eigenvalue weighted by Crippen LogP contribution is -2.31. The van der Waals surface area contributed by atoms with Crippen LogP contribution in [0.5, 0.6) is 0 Å². The predicted octanol–water partition coefficient (Wildman–Crippen LogP) is 3.08. The highest BCUT2D eigenvalue weighted by Crippen LogP contribution is 2.15. The highest BCUT2D eigenvalue weighted by Gasteiger charge is 2.02. The number of nitrogens with one attached hydrogen (secondary N) is 2. The van der Waals surface area contributed by atoms with Crippen molar-refractivity contribution in [1.82, 2.24) is 5.32 Å². The van der Waals surface area contributed by atoms with Gasteiger partial charge < -0.3 is 10.6 Å². The van der Waals surface area contributed by atoms with Crippen LogP contribution in [0, 0.1) is 18.7 Å². The molecule has 0 aromatic heterocycles. The van der Waals surface area contributed by atoms with Crippen LogP contribution in [-0.4, -0.2) is 11.7 Å². The zero-order chi connectivity index (χ0) is 12.1. The zero-order valence-electron chi connectivity index (χ0n) is 9.80. The molecule has 16 heavy (non-hydrogen) atoms. The molecule has 0 radical (unpaired) electrons. The lowest BCUT2D eigenvalue weighted by molar-refractivity contribution is 0.626. The summed E-state index contributed by atoms with van der Waals surface area (Å²) in [5, 5.41) is 6.72. The van der Waals surface area contributed by atoms with Crippen molar-refractivity contribution in [2.24, 2.45) is 5.92 Å². The Morgan fingerprint density at radius 1 is 1.44 bits per heavy atom. The van der Waals surface area contributed by atoms with Crippen LogP contribution < -0.4 is 10.6 Å². The minimum atomic E-state index is -0.232. The summed E-state index contributed by atoms with van der Waals surface area (Å²) in [4.78, 5) is 0. The van der Waals surface area contributed by atoms with E-state index in [1.165, 1.54) is 12.1 Å². The number of benzene rings is 1. The predicted molar refractivity (Wildman–Crippen MR) is 70.2 cm³/mol. The third-order valence-electron chi connectivity index (χ3n) is 2.11. The Hall–Kier alpha value is -1.16. The van der Waals surface area contributed by atoms with E-state index in [4.69, 9.17) is 12.2 Å². The van der Waals surface area contributed by atoms with Gasteiger partial charge in [-0.05, 0) is 48.8 Å². The van der Waals surface area contributed by atoms with E-state index < -0.39 is 0 Å². The second-order valence-electron chi connectivity index (χ2n) is 4.19. The average molecular weight is 240 g/mol. The third kappa shape index (κ3) is 4.14. The van der Waals surface area contributed by atoms with Gasteiger partial charge in [-0.3, -0.25) is 0 Å². The van der Waals surface area contributed by atoms with Gasteiger partial charge in [0.25, 0.3) is 0 Å². The molecule has 1 aromatic carbocycles. The molecule has 4 heteroatoms. The molecule has 0 aliphatic carbocycles. The van der Waals surface area contributed by atoms with Crippen molar-refractivity contribution in [1.29, 1.82) is 0 Å². The Bertz CT molecular complexity index is 377. The molecule has 0 amide bonds. The molecule has 0 heterocycles. The molecule has 0 atom stereocenters. The standard InChI is InChI=1S/C12H17FN2S/c1-8(2)7-14-12(16)15-11-5-4-10(13)6-9(11)3/h4-6,8H,7H2,1-3H3,(H2,14,15,16). The maximum atomic E-state index is 12.9. The SMILES string of the molecule is Cc1cc(F)ccc1NC(=S)NCC(C)C. The van der Waals surface area contributed by atoms with Gasteiger partial charge in [-0.15, -0.1) is 0 Å². The first kappa shape index (κ1) is 12.9. The number of hydrogen-bond acceptors (Lipinski definition) is 1. The molecule has 0 aliphatic rings. The Balaban J connectivity index is 2.56. The highest BCUT2D eigenvalue weighted by molar-refractivity contribution is 7.80. The van der Waals surface area contributed by atoms with E-state index in [1.807, 2.05) is 6.92 Å². The van der Waals surface area contributed by atoms with Crippen LogP contribution in [0.4, 0.5) is 10.1 Å². The molecule has 0 saturated carbocycles. The van der Waals surface area contributed by atoms with Gasteiger partial charge in [-0.1, -0.05) is 13.8 Å². The van der Waals surface area contributed by atoms with Crippen LogP contribution in [0.25, 0.3) is 0 Å². The topological polar surface area (TPSA) is 24.1 Å². The number of anilines is 1. The van der Waals surface area contributed by atoms with Crippen molar-refractivity contribution < 1.29 is 4.39 Å². The minimum absolute atomic E-state index is 0.232. The number of thiocarbonyl (C=S) groups is 1. The van der Waals surface area contributed by atoms with E-state index in [0.717, 1.165) is 17.8 Å². The maximum Gasteiger partial charge on any atom is 0.170 e. The first-order chi connectivity index (χ1) is 7.49. The van der Waals surface area contributed by atoms with E-state index in [9.17, 15) is 4.39 Å². The molecule has 2 N–H and O–H groups in total. The molecule has 0 bridgehead atoms. The summed E-state index contributed by atoms with van der Waals surface area (Å²) in [5.41, 5.74) is 1.68. The molecule has 0 fully saturated rings. The van der Waals surface area contributed by atoms with Crippen LogP contribution in [0.15, 0.2) is 18.2 Å². The number of hydrogen-bond donors (Lipinski definition) is 2. The summed E-state index contributed by atoms with van der Waals surface area (Å²) < 4.78 is 12.9. The molecule has 0 saturated heterocycles. The Morgan fingerprint density at radius 3 is 2.69 bits per heavy atom. The summed E-state index contributed by atoms with van der Waals surface area (Å²) in [6.07, 6.45) is 0. The van der Waals surface area contributed by atoms with E-state index in [2.05, 4.69) is 24.5 Å². The van der Waals surface area contributed by atoms with E-state index in [1.54, 1.807) is 6.07 Å². The third-order valence-corrected chi connectivity index (χ3v) is 2.35. The number of aryl methyl sites for hydroxylation is 1. The van der Waals surface area contributed by atoms with Gasteiger partial charge >= 0.3 is 0 Å². The quantitative estimate of drug-likeness (QED) is 0.794. The maximum absolute atomic E-state index is 12.9. The molecule has 0 unspecified atom stereocenters. The second kappa shape index (κ2) is 5.80. The van der Waals surface area contributed by atoms with Crippen molar-refractivity contribution in [3.8, 4) is 0 Å². The van der Waals surface area contributed by atoms with Crippen molar-refractivity contribution >= 4 is 23.0 Å². The summed E-state index contributed by atoms with van der Waals surface area (Å²) in [6.45, 7) is 6.89. The Labute approximate surface area is 101 Å². The summed E-state index contributed by atoms with van der Waals surface area (Å²) in [6, 6.07) is 4.59. The van der Waals surface area contributed by atoms with Crippen LogP contribution in [0.1, 0.15) is 19.4 Å². The fourth-order valence-electron chi connectivity index (χ4n) is 1.23. The Kier molecular flexibility index (Phi) is 4.68. The summed E-state index contributed by atoms with van der Waals surface area (Å²) in [5.74, 6) is 0.304. The van der Waals surface area contributed by atoms with E-state index >= 15 is 0 Å². The molecule has 0 aliphatic heterocycles. The Morgan fingerprint density at radius 2 is 2.12 bits per heavy atom. The average Bonchev–Trinajstić information content (AvgIpc) is 2.19. The number of rotatable bonds is 3. The van der Waals surface area contributed by atoms with Crippen LogP contribution in [0.3, 0.4) is 0 Å². The van der Waals surface area contributed by atoms with E-state index in [0.29, 0.717) is 11.0 Å². The second-order valence-corrected chi connectivity index (χ2v) is 4.60.